The summed E-state index contributed by atoms with van der Waals surface area (Å²) in [4.78, 5) is 42.7. The molecule has 2 unspecified atom stereocenters. The summed E-state index contributed by atoms with van der Waals surface area (Å²) in [6, 6.07) is 5.09. The zero-order valence-electron chi connectivity index (χ0n) is 25.6. The van der Waals surface area contributed by atoms with Gasteiger partial charge in [0.15, 0.2) is 0 Å². The standard InChI is InChI=1S/C33H43NO9/c1-19-11-12-31(3)24(32(19,4)18-40-20(2)36)16-25(42-26(37)10-6-7-14-35)33(5)29(31)28(38)27-23(43-33)15-22(41-30(27)39)21-9-8-13-34-17-21/h8-9,13,15,17,19,24-25,28-29,35,38H,6-7,10-12,14,16,18H2,1-5H3/t19-,24?,25-,28-,29?,31-,32+,33+/m0/s1. The van der Waals surface area contributed by atoms with E-state index in [0.29, 0.717) is 24.8 Å². The molecule has 2 N–H and O–H groups in total. The zero-order chi connectivity index (χ0) is 31.2. The Balaban J connectivity index is 1.62. The zero-order valence-corrected chi connectivity index (χ0v) is 25.6. The van der Waals surface area contributed by atoms with E-state index in [0.717, 1.165) is 12.8 Å². The van der Waals surface area contributed by atoms with Crippen molar-refractivity contribution in [1.29, 1.82) is 0 Å². The SMILES string of the molecule is CC(=O)OC[C@@]1(C)C2C[C@H](OC(=O)CCCCO)[C@@]3(C)Oc4cc(-c5cccnc5)oc(=O)c4[C@H](O)C3[C@@]2(C)CC[C@@H]1C. The molecule has 0 saturated heterocycles. The molecule has 0 amide bonds. The largest absolute Gasteiger partial charge is 0.482 e. The Morgan fingerprint density at radius 2 is 1.98 bits per heavy atom. The van der Waals surface area contributed by atoms with Gasteiger partial charge in [-0.1, -0.05) is 20.8 Å². The molecule has 2 saturated carbocycles. The number of esters is 2. The van der Waals surface area contributed by atoms with Crippen molar-refractivity contribution in [3.8, 4) is 17.1 Å². The summed E-state index contributed by atoms with van der Waals surface area (Å²) in [5, 5.41) is 21.3. The topological polar surface area (TPSA) is 145 Å². The van der Waals surface area contributed by atoms with Gasteiger partial charge in [0.1, 0.15) is 28.8 Å². The molecule has 0 aromatic carbocycles. The number of aliphatic hydroxyl groups excluding tert-OH is 2. The molecule has 0 radical (unpaired) electrons. The first-order valence-electron chi connectivity index (χ1n) is 15.2. The Kier molecular flexibility index (Phi) is 8.48. The molecule has 2 fully saturated rings. The first-order valence-corrected chi connectivity index (χ1v) is 15.2. The minimum atomic E-state index is -1.26. The molecule has 5 rings (SSSR count). The molecule has 2 aromatic heterocycles. The number of carbonyl (C=O) groups is 2. The van der Waals surface area contributed by atoms with E-state index in [-0.39, 0.29) is 54.5 Å². The van der Waals surface area contributed by atoms with Crippen LogP contribution < -0.4 is 10.4 Å². The number of ether oxygens (including phenoxy) is 3. The van der Waals surface area contributed by atoms with Gasteiger partial charge < -0.3 is 28.8 Å². The highest BCUT2D eigenvalue weighted by Gasteiger charge is 2.70. The summed E-state index contributed by atoms with van der Waals surface area (Å²) >= 11 is 0. The number of hydrogen-bond acceptors (Lipinski definition) is 10. The summed E-state index contributed by atoms with van der Waals surface area (Å²) < 4.78 is 24.2. The van der Waals surface area contributed by atoms with E-state index >= 15 is 0 Å². The van der Waals surface area contributed by atoms with Crippen LogP contribution in [-0.4, -0.2) is 52.1 Å². The monoisotopic (exact) mass is 597 g/mol. The van der Waals surface area contributed by atoms with Gasteiger partial charge in [-0.3, -0.25) is 14.6 Å². The van der Waals surface area contributed by atoms with Gasteiger partial charge in [-0.05, 0) is 68.4 Å². The van der Waals surface area contributed by atoms with E-state index in [1.54, 1.807) is 30.6 Å². The van der Waals surface area contributed by atoms with Crippen LogP contribution >= 0.6 is 0 Å². The fourth-order valence-corrected chi connectivity index (χ4v) is 8.30. The third-order valence-corrected chi connectivity index (χ3v) is 10.7. The molecule has 1 aliphatic heterocycles. The van der Waals surface area contributed by atoms with Gasteiger partial charge in [0, 0.05) is 55.3 Å². The van der Waals surface area contributed by atoms with Crippen LogP contribution in [0.3, 0.4) is 0 Å². The van der Waals surface area contributed by atoms with Crippen LogP contribution in [0.2, 0.25) is 0 Å². The number of rotatable bonds is 8. The maximum absolute atomic E-state index is 13.5. The lowest BCUT2D eigenvalue weighted by Crippen LogP contribution is -2.70. The van der Waals surface area contributed by atoms with Crippen molar-refractivity contribution in [2.24, 2.45) is 28.6 Å². The normalized spacial score (nSPS) is 34.6. The molecule has 2 aromatic rings. The highest BCUT2D eigenvalue weighted by Crippen LogP contribution is 2.68. The molecule has 8 atom stereocenters. The van der Waals surface area contributed by atoms with Crippen molar-refractivity contribution in [2.75, 3.05) is 13.2 Å². The van der Waals surface area contributed by atoms with Crippen LogP contribution in [0.4, 0.5) is 0 Å². The average molecular weight is 598 g/mol. The molecule has 0 bridgehead atoms. The molecule has 2 aliphatic carbocycles. The summed E-state index contributed by atoms with van der Waals surface area (Å²) in [7, 11) is 0. The number of aliphatic hydroxyl groups is 2. The molecular formula is C33H43NO9. The molecule has 0 spiro atoms. The van der Waals surface area contributed by atoms with E-state index in [9.17, 15) is 24.6 Å². The van der Waals surface area contributed by atoms with Crippen molar-refractivity contribution in [2.45, 2.75) is 91.0 Å². The predicted octanol–water partition coefficient (Wildman–Crippen LogP) is 4.60. The van der Waals surface area contributed by atoms with Crippen molar-refractivity contribution in [3.05, 3.63) is 46.6 Å². The fourth-order valence-electron chi connectivity index (χ4n) is 8.30. The molecule has 3 heterocycles. The number of carbonyl (C=O) groups excluding carboxylic acids is 2. The van der Waals surface area contributed by atoms with Gasteiger partial charge in [-0.15, -0.1) is 0 Å². The van der Waals surface area contributed by atoms with Gasteiger partial charge in [0.05, 0.1) is 12.7 Å². The maximum Gasteiger partial charge on any atom is 0.345 e. The minimum Gasteiger partial charge on any atom is -0.482 e. The number of unbranched alkanes of at least 4 members (excludes halogenated alkanes) is 1. The maximum atomic E-state index is 13.5. The second-order valence-corrected chi connectivity index (χ2v) is 13.3. The Morgan fingerprint density at radius 1 is 1.21 bits per heavy atom. The third-order valence-electron chi connectivity index (χ3n) is 10.7. The lowest BCUT2D eigenvalue weighted by molar-refractivity contribution is -0.262. The van der Waals surface area contributed by atoms with Crippen LogP contribution in [0.5, 0.6) is 5.75 Å². The van der Waals surface area contributed by atoms with Crippen molar-refractivity contribution >= 4 is 11.9 Å². The first-order chi connectivity index (χ1) is 20.3. The van der Waals surface area contributed by atoms with E-state index in [1.165, 1.54) is 6.92 Å². The van der Waals surface area contributed by atoms with Crippen LogP contribution in [0, 0.1) is 28.6 Å². The molecule has 234 valence electrons. The number of fused-ring (bicyclic) bond motifs is 4. The van der Waals surface area contributed by atoms with Crippen molar-refractivity contribution in [1.82, 2.24) is 4.98 Å². The number of nitrogens with zero attached hydrogens (tertiary/aromatic N) is 1. The molecule has 43 heavy (non-hydrogen) atoms. The Hall–Kier alpha value is -3.24. The highest BCUT2D eigenvalue weighted by atomic mass is 16.6. The quantitative estimate of drug-likeness (QED) is 0.327. The lowest BCUT2D eigenvalue weighted by atomic mass is 9.41. The van der Waals surface area contributed by atoms with Crippen LogP contribution in [0.15, 0.2) is 39.8 Å². The highest BCUT2D eigenvalue weighted by molar-refractivity contribution is 5.69. The van der Waals surface area contributed by atoms with Crippen LogP contribution in [0.25, 0.3) is 11.3 Å². The molecule has 3 aliphatic rings. The minimum absolute atomic E-state index is 0.0166. The van der Waals surface area contributed by atoms with Crippen LogP contribution in [-0.2, 0) is 19.1 Å². The van der Waals surface area contributed by atoms with Gasteiger partial charge in [0.25, 0.3) is 0 Å². The first kappa shape index (κ1) is 31.2. The van der Waals surface area contributed by atoms with Gasteiger partial charge in [0.2, 0.25) is 0 Å². The molecular weight excluding hydrogens is 554 g/mol. The van der Waals surface area contributed by atoms with E-state index in [1.807, 2.05) is 6.92 Å². The van der Waals surface area contributed by atoms with Crippen molar-refractivity contribution < 1.29 is 38.4 Å². The van der Waals surface area contributed by atoms with Gasteiger partial charge in [-0.25, -0.2) is 4.79 Å². The lowest BCUT2D eigenvalue weighted by Gasteiger charge is -2.66. The number of hydrogen-bond donors (Lipinski definition) is 2. The van der Waals surface area contributed by atoms with Crippen LogP contribution in [0.1, 0.15) is 84.8 Å². The smallest absolute Gasteiger partial charge is 0.345 e. The second-order valence-electron chi connectivity index (χ2n) is 13.3. The molecule has 10 nitrogen and oxygen atoms in total. The Labute approximate surface area is 251 Å². The predicted molar refractivity (Wildman–Crippen MR) is 156 cm³/mol. The Bertz CT molecular complexity index is 1410. The average Bonchev–Trinajstić information content (AvgIpc) is 2.95. The number of aromatic nitrogens is 1. The summed E-state index contributed by atoms with van der Waals surface area (Å²) in [6.07, 6.45) is 4.23. The molecule has 10 heteroatoms. The second kappa shape index (κ2) is 11.7. The summed E-state index contributed by atoms with van der Waals surface area (Å²) in [6.45, 7) is 9.78. The Morgan fingerprint density at radius 3 is 2.65 bits per heavy atom. The summed E-state index contributed by atoms with van der Waals surface area (Å²) in [5.74, 6) is -0.946. The van der Waals surface area contributed by atoms with Gasteiger partial charge in [-0.2, -0.15) is 0 Å². The van der Waals surface area contributed by atoms with E-state index < -0.39 is 46.2 Å². The number of pyridine rings is 1. The van der Waals surface area contributed by atoms with E-state index in [2.05, 4.69) is 25.8 Å². The summed E-state index contributed by atoms with van der Waals surface area (Å²) in [5.41, 5.74) is -2.31. The fraction of sp³-hybridized carbons (Fsp3) is 0.636. The van der Waals surface area contributed by atoms with Gasteiger partial charge >= 0.3 is 17.6 Å². The van der Waals surface area contributed by atoms with Crippen molar-refractivity contribution in [3.63, 3.8) is 0 Å². The third kappa shape index (κ3) is 5.37. The van der Waals surface area contributed by atoms with E-state index in [4.69, 9.17) is 18.6 Å².